The minimum absolute atomic E-state index is 0.0694. The van der Waals surface area contributed by atoms with E-state index >= 15 is 0 Å². The SMILES string of the molecule is N#Cc1cc(N2CC(CO)C2)ccc1[N+](=O)[O-]. The lowest BCUT2D eigenvalue weighted by molar-refractivity contribution is -0.385. The average Bonchev–Trinajstić information content (AvgIpc) is 2.27. The van der Waals surface area contributed by atoms with Crippen LogP contribution in [0, 0.1) is 27.4 Å². The highest BCUT2D eigenvalue weighted by Crippen LogP contribution is 2.28. The van der Waals surface area contributed by atoms with E-state index in [1.807, 2.05) is 11.0 Å². The molecule has 17 heavy (non-hydrogen) atoms. The van der Waals surface area contributed by atoms with Crippen LogP contribution in [0.25, 0.3) is 0 Å². The van der Waals surface area contributed by atoms with Gasteiger partial charge in [0, 0.05) is 37.4 Å². The lowest BCUT2D eigenvalue weighted by atomic mass is 10.00. The maximum atomic E-state index is 10.7. The van der Waals surface area contributed by atoms with E-state index in [2.05, 4.69) is 0 Å². The van der Waals surface area contributed by atoms with Gasteiger partial charge in [0.15, 0.2) is 0 Å². The van der Waals surface area contributed by atoms with Gasteiger partial charge in [-0.3, -0.25) is 10.1 Å². The molecular weight excluding hydrogens is 222 g/mol. The van der Waals surface area contributed by atoms with E-state index in [4.69, 9.17) is 10.4 Å². The Balaban J connectivity index is 2.22. The molecule has 0 unspecified atom stereocenters. The fourth-order valence-electron chi connectivity index (χ4n) is 1.87. The molecule has 1 aliphatic rings. The highest BCUT2D eigenvalue weighted by Gasteiger charge is 2.27. The second-order valence-electron chi connectivity index (χ2n) is 4.02. The van der Waals surface area contributed by atoms with Gasteiger partial charge in [-0.25, -0.2) is 0 Å². The van der Waals surface area contributed by atoms with E-state index in [9.17, 15) is 10.1 Å². The second kappa shape index (κ2) is 4.39. The average molecular weight is 233 g/mol. The number of hydrogen-bond donors (Lipinski definition) is 1. The van der Waals surface area contributed by atoms with Crippen molar-refractivity contribution in [3.8, 4) is 6.07 Å². The number of aliphatic hydroxyl groups excluding tert-OH is 1. The summed E-state index contributed by atoms with van der Waals surface area (Å²) in [5.41, 5.74) is 0.687. The summed E-state index contributed by atoms with van der Waals surface area (Å²) in [5, 5.41) is 28.4. The van der Waals surface area contributed by atoms with Gasteiger partial charge in [-0.1, -0.05) is 0 Å². The summed E-state index contributed by atoms with van der Waals surface area (Å²) in [4.78, 5) is 12.1. The van der Waals surface area contributed by atoms with E-state index in [1.54, 1.807) is 6.07 Å². The molecule has 1 aromatic carbocycles. The number of hydrogen-bond acceptors (Lipinski definition) is 5. The topological polar surface area (TPSA) is 90.4 Å². The van der Waals surface area contributed by atoms with Gasteiger partial charge in [0.1, 0.15) is 11.6 Å². The van der Waals surface area contributed by atoms with Crippen LogP contribution in [0.4, 0.5) is 11.4 Å². The van der Waals surface area contributed by atoms with Crippen molar-refractivity contribution in [2.24, 2.45) is 5.92 Å². The third kappa shape index (κ3) is 2.05. The zero-order chi connectivity index (χ0) is 12.4. The van der Waals surface area contributed by atoms with E-state index in [0.29, 0.717) is 0 Å². The van der Waals surface area contributed by atoms with Crippen molar-refractivity contribution in [2.45, 2.75) is 0 Å². The smallest absolute Gasteiger partial charge is 0.287 e. The molecule has 1 saturated heterocycles. The largest absolute Gasteiger partial charge is 0.396 e. The van der Waals surface area contributed by atoms with E-state index in [0.717, 1.165) is 18.8 Å². The van der Waals surface area contributed by atoms with E-state index < -0.39 is 4.92 Å². The molecule has 1 heterocycles. The van der Waals surface area contributed by atoms with Crippen molar-refractivity contribution < 1.29 is 10.0 Å². The Morgan fingerprint density at radius 2 is 2.29 bits per heavy atom. The van der Waals surface area contributed by atoms with Gasteiger partial charge in [0.2, 0.25) is 0 Å². The molecule has 6 heteroatoms. The molecule has 0 aromatic heterocycles. The Labute approximate surface area is 97.8 Å². The molecule has 0 aliphatic carbocycles. The van der Waals surface area contributed by atoms with Gasteiger partial charge >= 0.3 is 0 Å². The van der Waals surface area contributed by atoms with Gasteiger partial charge in [0.05, 0.1) is 4.92 Å². The van der Waals surface area contributed by atoms with Crippen LogP contribution >= 0.6 is 0 Å². The summed E-state index contributed by atoms with van der Waals surface area (Å²) < 4.78 is 0. The van der Waals surface area contributed by atoms with Crippen molar-refractivity contribution in [3.63, 3.8) is 0 Å². The zero-order valence-corrected chi connectivity index (χ0v) is 9.04. The van der Waals surface area contributed by atoms with Crippen LogP contribution in [-0.4, -0.2) is 29.7 Å². The summed E-state index contributed by atoms with van der Waals surface area (Å²) in [6.45, 7) is 1.59. The third-order valence-corrected chi connectivity index (χ3v) is 2.88. The summed E-state index contributed by atoms with van der Waals surface area (Å²) >= 11 is 0. The second-order valence-corrected chi connectivity index (χ2v) is 4.02. The van der Waals surface area contributed by atoms with Crippen molar-refractivity contribution in [1.82, 2.24) is 0 Å². The summed E-state index contributed by atoms with van der Waals surface area (Å²) in [6.07, 6.45) is 0. The number of benzene rings is 1. The number of aliphatic hydroxyl groups is 1. The molecule has 0 spiro atoms. The predicted molar refractivity (Wildman–Crippen MR) is 60.6 cm³/mol. The molecule has 0 bridgehead atoms. The normalized spacial score (nSPS) is 15.2. The number of anilines is 1. The fourth-order valence-corrected chi connectivity index (χ4v) is 1.87. The minimum atomic E-state index is -0.561. The van der Waals surface area contributed by atoms with Crippen molar-refractivity contribution in [1.29, 1.82) is 5.26 Å². The first kappa shape index (κ1) is 11.4. The van der Waals surface area contributed by atoms with Crippen molar-refractivity contribution in [2.75, 3.05) is 24.6 Å². The summed E-state index contributed by atoms with van der Waals surface area (Å²) in [5.74, 6) is 0.260. The van der Waals surface area contributed by atoms with Crippen LogP contribution in [0.2, 0.25) is 0 Å². The highest BCUT2D eigenvalue weighted by molar-refractivity contribution is 5.60. The van der Waals surface area contributed by atoms with Crippen molar-refractivity contribution >= 4 is 11.4 Å². The highest BCUT2D eigenvalue weighted by atomic mass is 16.6. The first-order valence-corrected chi connectivity index (χ1v) is 5.20. The van der Waals surface area contributed by atoms with Crippen LogP contribution in [0.3, 0.4) is 0 Å². The Morgan fingerprint density at radius 3 is 2.82 bits per heavy atom. The van der Waals surface area contributed by atoms with Gasteiger partial charge in [-0.15, -0.1) is 0 Å². The quantitative estimate of drug-likeness (QED) is 0.618. The monoisotopic (exact) mass is 233 g/mol. The number of rotatable bonds is 3. The number of nitriles is 1. The molecule has 0 radical (unpaired) electrons. The molecule has 0 saturated carbocycles. The summed E-state index contributed by atoms with van der Waals surface area (Å²) in [7, 11) is 0. The Morgan fingerprint density at radius 1 is 1.59 bits per heavy atom. The molecule has 6 nitrogen and oxygen atoms in total. The Kier molecular flexibility index (Phi) is 2.93. The van der Waals surface area contributed by atoms with Gasteiger partial charge in [-0.05, 0) is 12.1 Å². The van der Waals surface area contributed by atoms with E-state index in [1.165, 1.54) is 12.1 Å². The Bertz CT molecular complexity index is 489. The third-order valence-electron chi connectivity index (χ3n) is 2.88. The number of nitro benzene ring substituents is 1. The van der Waals surface area contributed by atoms with E-state index in [-0.39, 0.29) is 23.8 Å². The molecule has 88 valence electrons. The lowest BCUT2D eigenvalue weighted by Gasteiger charge is -2.40. The molecule has 1 fully saturated rings. The fraction of sp³-hybridized carbons (Fsp3) is 0.364. The lowest BCUT2D eigenvalue weighted by Crippen LogP contribution is -2.48. The first-order valence-electron chi connectivity index (χ1n) is 5.20. The standard InChI is InChI=1S/C11H11N3O3/c12-4-9-3-10(1-2-11(9)14(16)17)13-5-8(6-13)7-15/h1-3,8,15H,5-7H2. The molecule has 2 rings (SSSR count). The van der Waals surface area contributed by atoms with Gasteiger partial charge in [0.25, 0.3) is 5.69 Å². The number of nitro groups is 1. The zero-order valence-electron chi connectivity index (χ0n) is 9.04. The first-order chi connectivity index (χ1) is 8.15. The molecule has 1 N–H and O–H groups in total. The summed E-state index contributed by atoms with van der Waals surface area (Å²) in [6, 6.07) is 6.33. The molecular formula is C11H11N3O3. The van der Waals surface area contributed by atoms with Crippen molar-refractivity contribution in [3.05, 3.63) is 33.9 Å². The van der Waals surface area contributed by atoms with Gasteiger partial charge < -0.3 is 10.0 Å². The van der Waals surface area contributed by atoms with Crippen LogP contribution in [0.1, 0.15) is 5.56 Å². The predicted octanol–water partition coefficient (Wildman–Crippen LogP) is 0.895. The van der Waals surface area contributed by atoms with Gasteiger partial charge in [-0.2, -0.15) is 5.26 Å². The molecule has 1 aromatic rings. The van der Waals surface area contributed by atoms with Crippen LogP contribution < -0.4 is 4.90 Å². The molecule has 0 atom stereocenters. The number of nitrogens with zero attached hydrogens (tertiary/aromatic N) is 3. The maximum Gasteiger partial charge on any atom is 0.287 e. The van der Waals surface area contributed by atoms with Crippen LogP contribution in [0.5, 0.6) is 0 Å². The Hall–Kier alpha value is -2.13. The van der Waals surface area contributed by atoms with Crippen LogP contribution in [-0.2, 0) is 0 Å². The minimum Gasteiger partial charge on any atom is -0.396 e. The van der Waals surface area contributed by atoms with Crippen LogP contribution in [0.15, 0.2) is 18.2 Å². The maximum absolute atomic E-state index is 10.7. The molecule has 0 amide bonds. The molecule has 1 aliphatic heterocycles.